The summed E-state index contributed by atoms with van der Waals surface area (Å²) in [5.41, 5.74) is 1.07. The molecule has 0 radical (unpaired) electrons. The number of hydrogen-bond acceptors (Lipinski definition) is 3. The second-order valence-electron chi connectivity index (χ2n) is 10.2. The van der Waals surface area contributed by atoms with Gasteiger partial charge in [0.05, 0.1) is 5.41 Å². The summed E-state index contributed by atoms with van der Waals surface area (Å²) in [5, 5.41) is 3.11. The molecule has 4 rings (SSSR count). The number of piperidine rings is 1. The Hall–Kier alpha value is -2.40. The van der Waals surface area contributed by atoms with E-state index in [0.717, 1.165) is 80.6 Å². The molecule has 0 unspecified atom stereocenters. The second-order valence-corrected chi connectivity index (χ2v) is 10.2. The molecule has 5 heteroatoms. The maximum Gasteiger partial charge on any atom is 0.235 e. The van der Waals surface area contributed by atoms with Crippen molar-refractivity contribution in [1.29, 1.82) is 0 Å². The molecule has 2 aromatic rings. The van der Waals surface area contributed by atoms with E-state index in [1.807, 2.05) is 24.3 Å². The van der Waals surface area contributed by atoms with Gasteiger partial charge in [0.25, 0.3) is 0 Å². The molecule has 1 saturated carbocycles. The summed E-state index contributed by atoms with van der Waals surface area (Å²) in [7, 11) is 0. The molecule has 0 bridgehead atoms. The zero-order chi connectivity index (χ0) is 23.3. The Labute approximate surface area is 197 Å². The van der Waals surface area contributed by atoms with Crippen LogP contribution in [0.3, 0.4) is 0 Å². The Kier molecular flexibility index (Phi) is 7.69. The molecule has 2 atom stereocenters. The standard InChI is InChI=1S/C28H37FN2O2/c1-21-18-22(2)20-31(19-21)16-17-33-26-12-10-25(11-13-26)30-27(32)28(14-4-3-5-15-28)23-6-8-24(29)9-7-23/h6-13,21-22H,3-5,14-20H2,1-2H3,(H,30,32)/t21-,22-/m0/s1. The van der Waals surface area contributed by atoms with E-state index in [0.29, 0.717) is 6.61 Å². The molecule has 2 aromatic carbocycles. The van der Waals surface area contributed by atoms with Gasteiger partial charge in [0.2, 0.25) is 5.91 Å². The molecule has 2 aliphatic rings. The van der Waals surface area contributed by atoms with Crippen molar-refractivity contribution >= 4 is 11.6 Å². The van der Waals surface area contributed by atoms with Crippen LogP contribution in [0.15, 0.2) is 48.5 Å². The number of carbonyl (C=O) groups excluding carboxylic acids is 1. The number of rotatable bonds is 7. The van der Waals surface area contributed by atoms with E-state index in [1.54, 1.807) is 12.1 Å². The lowest BCUT2D eigenvalue weighted by molar-refractivity contribution is -0.122. The molecule has 4 nitrogen and oxygen atoms in total. The van der Waals surface area contributed by atoms with E-state index in [9.17, 15) is 9.18 Å². The van der Waals surface area contributed by atoms with Gasteiger partial charge in [-0.1, -0.05) is 45.2 Å². The number of halogens is 1. The van der Waals surface area contributed by atoms with Gasteiger partial charge < -0.3 is 10.1 Å². The van der Waals surface area contributed by atoms with Crippen LogP contribution in [-0.4, -0.2) is 37.0 Å². The molecule has 1 heterocycles. The number of ether oxygens (including phenoxy) is 1. The summed E-state index contributed by atoms with van der Waals surface area (Å²) >= 11 is 0. The lowest BCUT2D eigenvalue weighted by Crippen LogP contribution is -2.42. The van der Waals surface area contributed by atoms with Gasteiger partial charge in [-0.2, -0.15) is 0 Å². The Morgan fingerprint density at radius 1 is 1.00 bits per heavy atom. The van der Waals surface area contributed by atoms with Gasteiger partial charge >= 0.3 is 0 Å². The number of nitrogens with one attached hydrogen (secondary N) is 1. The Bertz CT molecular complexity index is 896. The SMILES string of the molecule is C[C@H]1C[C@H](C)CN(CCOc2ccc(NC(=O)C3(c4ccc(F)cc4)CCCCC3)cc2)C1. The normalized spacial score (nSPS) is 23.1. The Morgan fingerprint density at radius 2 is 1.64 bits per heavy atom. The van der Waals surface area contributed by atoms with Crippen LogP contribution in [0.5, 0.6) is 5.75 Å². The van der Waals surface area contributed by atoms with Crippen LogP contribution < -0.4 is 10.1 Å². The molecule has 178 valence electrons. The molecule has 1 amide bonds. The van der Waals surface area contributed by atoms with Crippen molar-refractivity contribution in [1.82, 2.24) is 4.90 Å². The van der Waals surface area contributed by atoms with Crippen molar-refractivity contribution in [3.63, 3.8) is 0 Å². The van der Waals surface area contributed by atoms with Gasteiger partial charge in [0, 0.05) is 25.3 Å². The zero-order valence-electron chi connectivity index (χ0n) is 20.0. The number of nitrogens with zero attached hydrogens (tertiary/aromatic N) is 1. The summed E-state index contributed by atoms with van der Waals surface area (Å²) in [6.07, 6.45) is 6.04. The molecule has 33 heavy (non-hydrogen) atoms. The van der Waals surface area contributed by atoms with Crippen molar-refractivity contribution in [3.8, 4) is 5.75 Å². The number of likely N-dealkylation sites (tertiary alicyclic amines) is 1. The van der Waals surface area contributed by atoms with Crippen LogP contribution in [0, 0.1) is 17.7 Å². The van der Waals surface area contributed by atoms with Crippen LogP contribution >= 0.6 is 0 Å². The van der Waals surface area contributed by atoms with Gasteiger partial charge in [-0.3, -0.25) is 9.69 Å². The van der Waals surface area contributed by atoms with Crippen molar-refractivity contribution < 1.29 is 13.9 Å². The first-order valence-electron chi connectivity index (χ1n) is 12.5. The molecule has 0 aromatic heterocycles. The van der Waals surface area contributed by atoms with Crippen molar-refractivity contribution in [2.45, 2.75) is 57.8 Å². The molecule has 1 N–H and O–H groups in total. The van der Waals surface area contributed by atoms with Gasteiger partial charge in [-0.05, 0) is 73.1 Å². The lowest BCUT2D eigenvalue weighted by atomic mass is 9.68. The van der Waals surface area contributed by atoms with Crippen LogP contribution in [-0.2, 0) is 10.2 Å². The van der Waals surface area contributed by atoms with E-state index in [2.05, 4.69) is 24.1 Å². The summed E-state index contributed by atoms with van der Waals surface area (Å²) in [6.45, 7) is 8.54. The number of hydrogen-bond donors (Lipinski definition) is 1. The molecule has 0 spiro atoms. The third-order valence-corrected chi connectivity index (χ3v) is 7.27. The first-order valence-corrected chi connectivity index (χ1v) is 12.5. The fourth-order valence-corrected chi connectivity index (χ4v) is 5.72. The van der Waals surface area contributed by atoms with Gasteiger partial charge in [0.15, 0.2) is 0 Å². The summed E-state index contributed by atoms with van der Waals surface area (Å²) in [4.78, 5) is 15.9. The van der Waals surface area contributed by atoms with Gasteiger partial charge in [-0.15, -0.1) is 0 Å². The van der Waals surface area contributed by atoms with Crippen LogP contribution in [0.25, 0.3) is 0 Å². The summed E-state index contributed by atoms with van der Waals surface area (Å²) in [5.74, 6) is 2.04. The lowest BCUT2D eigenvalue weighted by Gasteiger charge is -2.36. The largest absolute Gasteiger partial charge is 0.492 e. The fraction of sp³-hybridized carbons (Fsp3) is 0.536. The van der Waals surface area contributed by atoms with Crippen molar-refractivity contribution in [2.75, 3.05) is 31.6 Å². The minimum atomic E-state index is -0.593. The molecule has 1 saturated heterocycles. The first kappa shape index (κ1) is 23.7. The topological polar surface area (TPSA) is 41.6 Å². The van der Waals surface area contributed by atoms with Crippen LogP contribution in [0.4, 0.5) is 10.1 Å². The van der Waals surface area contributed by atoms with Crippen LogP contribution in [0.2, 0.25) is 0 Å². The monoisotopic (exact) mass is 452 g/mol. The predicted molar refractivity (Wildman–Crippen MR) is 131 cm³/mol. The van der Waals surface area contributed by atoms with Crippen molar-refractivity contribution in [2.24, 2.45) is 11.8 Å². The van der Waals surface area contributed by atoms with E-state index in [1.165, 1.54) is 18.6 Å². The molecule has 1 aliphatic carbocycles. The number of benzene rings is 2. The minimum Gasteiger partial charge on any atom is -0.492 e. The van der Waals surface area contributed by atoms with E-state index in [-0.39, 0.29) is 11.7 Å². The molecule has 1 aliphatic heterocycles. The molecular weight excluding hydrogens is 415 g/mol. The van der Waals surface area contributed by atoms with E-state index >= 15 is 0 Å². The average Bonchev–Trinajstić information content (AvgIpc) is 2.80. The molecular formula is C28H37FN2O2. The highest BCUT2D eigenvalue weighted by atomic mass is 19.1. The Morgan fingerprint density at radius 3 is 2.27 bits per heavy atom. The third-order valence-electron chi connectivity index (χ3n) is 7.27. The number of carbonyl (C=O) groups is 1. The number of anilines is 1. The Balaban J connectivity index is 1.34. The fourth-order valence-electron chi connectivity index (χ4n) is 5.72. The second kappa shape index (κ2) is 10.7. The smallest absolute Gasteiger partial charge is 0.235 e. The highest BCUT2D eigenvalue weighted by Gasteiger charge is 2.41. The first-order chi connectivity index (χ1) is 15.9. The average molecular weight is 453 g/mol. The highest BCUT2D eigenvalue weighted by molar-refractivity contribution is 5.99. The third kappa shape index (κ3) is 5.94. The van der Waals surface area contributed by atoms with Crippen molar-refractivity contribution in [3.05, 3.63) is 59.9 Å². The quantitative estimate of drug-likeness (QED) is 0.558. The minimum absolute atomic E-state index is 0.00388. The van der Waals surface area contributed by atoms with Gasteiger partial charge in [-0.25, -0.2) is 4.39 Å². The maximum absolute atomic E-state index is 13.5. The summed E-state index contributed by atoms with van der Waals surface area (Å²) < 4.78 is 19.4. The van der Waals surface area contributed by atoms with Gasteiger partial charge in [0.1, 0.15) is 18.2 Å². The summed E-state index contributed by atoms with van der Waals surface area (Å²) in [6, 6.07) is 14.1. The highest BCUT2D eigenvalue weighted by Crippen LogP contribution is 2.40. The van der Waals surface area contributed by atoms with E-state index < -0.39 is 5.41 Å². The molecule has 2 fully saturated rings. The maximum atomic E-state index is 13.5. The number of amides is 1. The zero-order valence-corrected chi connectivity index (χ0v) is 20.0. The van der Waals surface area contributed by atoms with E-state index in [4.69, 9.17) is 4.74 Å². The predicted octanol–water partition coefficient (Wildman–Crippen LogP) is 6.02. The van der Waals surface area contributed by atoms with Crippen LogP contribution in [0.1, 0.15) is 57.9 Å².